The Labute approximate surface area is 378 Å². The highest BCUT2D eigenvalue weighted by molar-refractivity contribution is 7.47. The van der Waals surface area contributed by atoms with Gasteiger partial charge in [-0.1, -0.05) is 6.42 Å². The third-order valence-electron chi connectivity index (χ3n) is 9.55. The zero-order valence-electron chi connectivity index (χ0n) is 33.6. The van der Waals surface area contributed by atoms with Crippen LogP contribution < -0.4 is 0 Å². The fourth-order valence-corrected chi connectivity index (χ4v) is 6.01. The summed E-state index contributed by atoms with van der Waals surface area (Å²) in [6.45, 7) is -2.09. The number of phosphoric ester groups is 1. The highest BCUT2D eigenvalue weighted by Gasteiger charge is 2.97. The summed E-state index contributed by atoms with van der Waals surface area (Å²) in [6.07, 6.45) is -48.2. The van der Waals surface area contributed by atoms with E-state index in [4.69, 9.17) is 5.11 Å². The summed E-state index contributed by atoms with van der Waals surface area (Å²) in [4.78, 5) is 20.3. The fraction of sp³-hybridized carbons (Fsp3) is 0.966. The highest BCUT2D eigenvalue weighted by Crippen LogP contribution is 2.66. The lowest BCUT2D eigenvalue weighted by atomic mass is 9.87. The monoisotopic (exact) mass is 1190 g/mol. The van der Waals surface area contributed by atoms with Crippen LogP contribution >= 0.6 is 7.82 Å². The highest BCUT2D eigenvalue weighted by atomic mass is 31.2. The third-order valence-corrected chi connectivity index (χ3v) is 10.6. The van der Waals surface area contributed by atoms with Crippen molar-refractivity contribution in [1.82, 2.24) is 0 Å². The predicted octanol–water partition coefficient (Wildman–Crippen LogP) is 10.5. The molecule has 6 atom stereocenters. The lowest BCUT2D eigenvalue weighted by molar-refractivity contribution is -0.461. The summed E-state index contributed by atoms with van der Waals surface area (Å²) in [6, 6.07) is 0. The van der Waals surface area contributed by atoms with E-state index in [2.05, 4.69) is 9.05 Å². The smallest absolute Gasteiger partial charge is 0.388 e. The van der Waals surface area contributed by atoms with Crippen molar-refractivity contribution in [3.05, 3.63) is 0 Å². The second-order valence-corrected chi connectivity index (χ2v) is 16.2. The van der Waals surface area contributed by atoms with Crippen LogP contribution in [0.15, 0.2) is 0 Å². The number of rotatable bonds is 29. The van der Waals surface area contributed by atoms with E-state index in [-0.39, 0.29) is 0 Å². The Hall–Kier alpha value is -2.76. The van der Waals surface area contributed by atoms with Gasteiger partial charge >= 0.3 is 103 Å². The van der Waals surface area contributed by atoms with Crippen LogP contribution in [0.3, 0.4) is 0 Å². The molecule has 0 heterocycles. The van der Waals surface area contributed by atoms with Gasteiger partial charge in [-0.05, 0) is 19.3 Å². The van der Waals surface area contributed by atoms with Crippen LogP contribution in [0.4, 0.5) is 149 Å². The maximum Gasteiger partial charge on any atom is 0.472 e. The Morgan fingerprint density at radius 3 is 0.986 bits per heavy atom. The first-order chi connectivity index (χ1) is 31.5. The molecule has 0 radical (unpaired) electrons. The first-order valence-electron chi connectivity index (χ1n) is 17.7. The molecule has 9 nitrogen and oxygen atoms in total. The fourth-order valence-electron chi connectivity index (χ4n) is 5.02. The van der Waals surface area contributed by atoms with Gasteiger partial charge in [0.25, 0.3) is 0 Å². The maximum absolute atomic E-state index is 14.6. The van der Waals surface area contributed by atoms with Crippen LogP contribution in [0.2, 0.25) is 0 Å². The number of carbonyl (C=O) groups is 1. The number of carbonyl (C=O) groups excluding carboxylic acids is 1. The van der Waals surface area contributed by atoms with Gasteiger partial charge in [-0.3, -0.25) is 9.05 Å². The lowest BCUT2D eigenvalue weighted by Crippen LogP contribution is -2.74. The molecule has 2 unspecified atom stereocenters. The average molecular weight is 1190 g/mol. The molecule has 0 aliphatic heterocycles. The molecule has 0 bridgehead atoms. The topological polar surface area (TPSA) is 154 Å². The molecule has 0 aliphatic rings. The van der Waals surface area contributed by atoms with E-state index in [0.717, 1.165) is 0 Å². The standard InChI is InChI=1S/C29H25F34O9P/c30-14(31,16(34,35)18(38,39)20(42,43)22(46,47)24(50,51)26(54,55)28(58,59)60)5-2-1-3-9(72-73(69,70)71-8-11(66)13(68)12(67)10(65)7-64)4-6-15(32,33)17(36,37)19(40,41)21(44,45)23(48,49)25(52,53)27(56,57)29(61,62)63/h7,9-13,65-68H,1-6,8H2,(H,69,70)/t9?,10-,11+,12+,13-/m0/s1. The van der Waals surface area contributed by atoms with Crippen molar-refractivity contribution in [2.24, 2.45) is 0 Å². The van der Waals surface area contributed by atoms with Gasteiger partial charge in [0.05, 0.1) is 12.7 Å². The average Bonchev–Trinajstić information content (AvgIpc) is 3.20. The van der Waals surface area contributed by atoms with Crippen molar-refractivity contribution in [3.8, 4) is 0 Å². The SMILES string of the molecule is O=C[C@H](O)[C@@H](O)[C@@H](O)[C@H](O)COP(=O)(O)OC(CCCCC(F)(F)C(F)(F)C(F)(F)C(F)(F)C(F)(F)C(F)(F)C(F)(F)C(F)(F)F)CCC(F)(F)C(F)(F)C(F)(F)C(F)(F)C(F)(F)C(F)(F)C(F)(F)C(F)(F)F. The van der Waals surface area contributed by atoms with E-state index in [1.165, 1.54) is 0 Å². The molecule has 0 aliphatic carbocycles. The van der Waals surface area contributed by atoms with Crippen molar-refractivity contribution in [2.75, 3.05) is 6.61 Å². The van der Waals surface area contributed by atoms with E-state index in [1.807, 2.05) is 0 Å². The molecule has 5 N–H and O–H groups in total. The minimum absolute atomic E-state index is 0.584. The predicted molar refractivity (Wildman–Crippen MR) is 160 cm³/mol. The quantitative estimate of drug-likeness (QED) is 0.0213. The zero-order valence-corrected chi connectivity index (χ0v) is 34.5. The summed E-state index contributed by atoms with van der Waals surface area (Å²) in [5.74, 6) is -121. The summed E-state index contributed by atoms with van der Waals surface area (Å²) in [5.41, 5.74) is 0. The largest absolute Gasteiger partial charge is 0.472 e. The van der Waals surface area contributed by atoms with Gasteiger partial charge < -0.3 is 30.1 Å². The number of phosphoric acid groups is 1. The molecule has 0 fully saturated rings. The van der Waals surface area contributed by atoms with Crippen molar-refractivity contribution >= 4 is 14.1 Å². The van der Waals surface area contributed by atoms with E-state index < -0.39 is 185 Å². The van der Waals surface area contributed by atoms with Crippen LogP contribution in [-0.4, -0.2) is 164 Å². The number of aliphatic hydroxyl groups is 4. The van der Waals surface area contributed by atoms with Gasteiger partial charge in [0.2, 0.25) is 0 Å². The Balaban J connectivity index is 7.14. The molecule has 0 rings (SSSR count). The van der Waals surface area contributed by atoms with E-state index >= 15 is 0 Å². The molecule has 0 saturated heterocycles. The maximum atomic E-state index is 14.6. The summed E-state index contributed by atoms with van der Waals surface area (Å²) < 4.78 is 483. The Morgan fingerprint density at radius 2 is 0.685 bits per heavy atom. The van der Waals surface area contributed by atoms with Gasteiger partial charge in [0, 0.05) is 12.8 Å². The Bertz CT molecular complexity index is 1900. The minimum Gasteiger partial charge on any atom is -0.388 e. The number of unbranched alkanes of at least 4 members (excludes halogenated alkanes) is 1. The Kier molecular flexibility index (Phi) is 20.1. The van der Waals surface area contributed by atoms with Gasteiger partial charge in [0.1, 0.15) is 24.4 Å². The molecule has 438 valence electrons. The second-order valence-electron chi connectivity index (χ2n) is 14.7. The molecule has 0 aromatic heterocycles. The van der Waals surface area contributed by atoms with Crippen molar-refractivity contribution in [1.29, 1.82) is 0 Å². The van der Waals surface area contributed by atoms with Gasteiger partial charge in [-0.2, -0.15) is 149 Å². The number of hydrogen-bond acceptors (Lipinski definition) is 8. The number of hydrogen-bond donors (Lipinski definition) is 5. The summed E-state index contributed by atoms with van der Waals surface area (Å²) in [7, 11) is -6.59. The van der Waals surface area contributed by atoms with Crippen molar-refractivity contribution in [2.45, 2.75) is 164 Å². The molecule has 0 amide bonds. The van der Waals surface area contributed by atoms with Gasteiger partial charge in [-0.25, -0.2) is 4.57 Å². The number of aldehydes is 1. The number of halogens is 34. The summed E-state index contributed by atoms with van der Waals surface area (Å²) in [5, 5.41) is 37.8. The number of alkyl halides is 34. The third kappa shape index (κ3) is 11.9. The van der Waals surface area contributed by atoms with E-state index in [0.29, 0.717) is 0 Å². The van der Waals surface area contributed by atoms with E-state index in [9.17, 15) is 179 Å². The molecule has 0 aromatic rings. The van der Waals surface area contributed by atoms with Gasteiger partial charge in [0.15, 0.2) is 6.29 Å². The normalized spacial score (nSPS) is 18.8. The zero-order chi connectivity index (χ0) is 59.5. The molecular formula is C29H25F34O9P. The summed E-state index contributed by atoms with van der Waals surface area (Å²) >= 11 is 0. The molecule has 0 aromatic carbocycles. The lowest BCUT2D eigenvalue weighted by Gasteiger charge is -2.43. The molecule has 73 heavy (non-hydrogen) atoms. The first-order valence-corrected chi connectivity index (χ1v) is 19.2. The van der Waals surface area contributed by atoms with Crippen LogP contribution in [0.25, 0.3) is 0 Å². The Morgan fingerprint density at radius 1 is 0.397 bits per heavy atom. The van der Waals surface area contributed by atoms with Gasteiger partial charge in [-0.15, -0.1) is 0 Å². The first kappa shape index (κ1) is 70.2. The molecule has 44 heteroatoms. The van der Waals surface area contributed by atoms with Crippen LogP contribution in [-0.2, 0) is 18.4 Å². The molecular weight excluding hydrogens is 1170 g/mol. The molecule has 0 spiro atoms. The van der Waals surface area contributed by atoms with Crippen LogP contribution in [0, 0.1) is 0 Å². The van der Waals surface area contributed by atoms with Crippen LogP contribution in [0.5, 0.6) is 0 Å². The van der Waals surface area contributed by atoms with E-state index in [1.54, 1.807) is 0 Å². The van der Waals surface area contributed by atoms with Crippen molar-refractivity contribution in [3.63, 3.8) is 0 Å². The molecule has 0 saturated carbocycles. The second kappa shape index (κ2) is 20.9. The number of aliphatic hydroxyl groups excluding tert-OH is 4. The van der Waals surface area contributed by atoms with Crippen LogP contribution in [0.1, 0.15) is 38.5 Å². The minimum atomic E-state index is -9.20. The van der Waals surface area contributed by atoms with Crippen molar-refractivity contribution < 1.29 is 193 Å².